The summed E-state index contributed by atoms with van der Waals surface area (Å²) in [4.78, 5) is 0. The average Bonchev–Trinajstić information content (AvgIpc) is 2.18. The standard InChI is InChI=1S/C8H14N2O3S/c9-3-5-14(12,13)10-4-1-2-8(6-10)7-11/h8,11H,1-2,4-7H2. The Hall–Kier alpha value is -0.640. The molecule has 6 heteroatoms. The van der Waals surface area contributed by atoms with Gasteiger partial charge in [-0.1, -0.05) is 0 Å². The number of hydrogen-bond acceptors (Lipinski definition) is 4. The molecule has 1 aliphatic heterocycles. The molecule has 0 aromatic heterocycles. The molecule has 1 saturated heterocycles. The Balaban J connectivity index is 2.65. The molecule has 0 aromatic carbocycles. The van der Waals surface area contributed by atoms with Crippen LogP contribution in [0.25, 0.3) is 0 Å². The molecule has 14 heavy (non-hydrogen) atoms. The van der Waals surface area contributed by atoms with Gasteiger partial charge in [0.2, 0.25) is 10.0 Å². The quantitative estimate of drug-likeness (QED) is 0.695. The Morgan fingerprint density at radius 2 is 2.29 bits per heavy atom. The van der Waals surface area contributed by atoms with Crippen LogP contribution in [-0.4, -0.2) is 43.3 Å². The SMILES string of the molecule is N#CCS(=O)(=O)N1CCCC(CO)C1. The minimum atomic E-state index is -3.42. The number of rotatable bonds is 3. The molecule has 1 atom stereocenters. The lowest BCUT2D eigenvalue weighted by Crippen LogP contribution is -2.41. The van der Waals surface area contributed by atoms with Crippen molar-refractivity contribution in [1.82, 2.24) is 4.31 Å². The van der Waals surface area contributed by atoms with Gasteiger partial charge in [-0.3, -0.25) is 0 Å². The second-order valence-electron chi connectivity index (χ2n) is 3.46. The highest BCUT2D eigenvalue weighted by Crippen LogP contribution is 2.18. The Labute approximate surface area is 84.0 Å². The number of hydrogen-bond donors (Lipinski definition) is 1. The summed E-state index contributed by atoms with van der Waals surface area (Å²) in [6.45, 7) is 0.833. The summed E-state index contributed by atoms with van der Waals surface area (Å²) < 4.78 is 24.2. The smallest absolute Gasteiger partial charge is 0.227 e. The van der Waals surface area contributed by atoms with Crippen molar-refractivity contribution < 1.29 is 13.5 Å². The summed E-state index contributed by atoms with van der Waals surface area (Å²) in [6.07, 6.45) is 1.62. The molecule has 0 radical (unpaired) electrons. The van der Waals surface area contributed by atoms with E-state index in [9.17, 15) is 8.42 Å². The second kappa shape index (κ2) is 4.73. The lowest BCUT2D eigenvalue weighted by Gasteiger charge is -2.30. The Bertz CT molecular complexity index is 320. The molecule has 1 N–H and O–H groups in total. The largest absolute Gasteiger partial charge is 0.396 e. The van der Waals surface area contributed by atoms with E-state index in [0.717, 1.165) is 12.8 Å². The number of nitrogens with zero attached hydrogens (tertiary/aromatic N) is 2. The van der Waals surface area contributed by atoms with Gasteiger partial charge in [0.05, 0.1) is 6.07 Å². The first kappa shape index (κ1) is 11.4. The van der Waals surface area contributed by atoms with Gasteiger partial charge in [-0.2, -0.15) is 5.26 Å². The topological polar surface area (TPSA) is 81.4 Å². The predicted molar refractivity (Wildman–Crippen MR) is 50.8 cm³/mol. The molecule has 5 nitrogen and oxygen atoms in total. The van der Waals surface area contributed by atoms with Gasteiger partial charge >= 0.3 is 0 Å². The van der Waals surface area contributed by atoms with E-state index >= 15 is 0 Å². The normalized spacial score (nSPS) is 24.4. The molecule has 0 amide bonds. The van der Waals surface area contributed by atoms with Gasteiger partial charge < -0.3 is 5.11 Å². The van der Waals surface area contributed by atoms with Gasteiger partial charge in [-0.05, 0) is 18.8 Å². The van der Waals surface area contributed by atoms with Gasteiger partial charge in [-0.15, -0.1) is 0 Å². The maximum absolute atomic E-state index is 11.5. The first-order valence-electron chi connectivity index (χ1n) is 4.56. The number of aliphatic hydroxyl groups is 1. The van der Waals surface area contributed by atoms with Gasteiger partial charge in [0.1, 0.15) is 0 Å². The first-order valence-corrected chi connectivity index (χ1v) is 6.16. The summed E-state index contributed by atoms with van der Waals surface area (Å²) in [7, 11) is -3.42. The summed E-state index contributed by atoms with van der Waals surface area (Å²) in [6, 6.07) is 1.65. The van der Waals surface area contributed by atoms with Gasteiger partial charge in [0.25, 0.3) is 0 Å². The third-order valence-electron chi connectivity index (χ3n) is 2.38. The van der Waals surface area contributed by atoms with Crippen LogP contribution in [0.4, 0.5) is 0 Å². The highest BCUT2D eigenvalue weighted by molar-refractivity contribution is 7.89. The number of nitriles is 1. The first-order chi connectivity index (χ1) is 6.60. The molecule has 1 unspecified atom stereocenters. The fourth-order valence-corrected chi connectivity index (χ4v) is 2.79. The molecule has 1 fully saturated rings. The lowest BCUT2D eigenvalue weighted by molar-refractivity contribution is 0.165. The zero-order valence-corrected chi connectivity index (χ0v) is 8.70. The minimum absolute atomic E-state index is 0.0125. The fourth-order valence-electron chi connectivity index (χ4n) is 1.60. The lowest BCUT2D eigenvalue weighted by atomic mass is 10.0. The monoisotopic (exact) mass is 218 g/mol. The Morgan fingerprint density at radius 1 is 1.57 bits per heavy atom. The van der Waals surface area contributed by atoms with Crippen LogP contribution in [0.15, 0.2) is 0 Å². The van der Waals surface area contributed by atoms with E-state index in [-0.39, 0.29) is 12.5 Å². The summed E-state index contributed by atoms with van der Waals surface area (Å²) >= 11 is 0. The maximum atomic E-state index is 11.5. The summed E-state index contributed by atoms with van der Waals surface area (Å²) in [5.41, 5.74) is 0. The van der Waals surface area contributed by atoms with Crippen molar-refractivity contribution in [3.63, 3.8) is 0 Å². The van der Waals surface area contributed by atoms with E-state index in [0.29, 0.717) is 13.1 Å². The van der Waals surface area contributed by atoms with E-state index in [1.807, 2.05) is 0 Å². The third-order valence-corrected chi connectivity index (χ3v) is 3.99. The van der Waals surface area contributed by atoms with Gasteiger partial charge in [-0.25, -0.2) is 12.7 Å². The predicted octanol–water partition coefficient (Wildman–Crippen LogP) is -0.456. The number of sulfonamides is 1. The van der Waals surface area contributed by atoms with E-state index in [4.69, 9.17) is 10.4 Å². The zero-order chi connectivity index (χ0) is 10.6. The maximum Gasteiger partial charge on any atom is 0.227 e. The van der Waals surface area contributed by atoms with Crippen LogP contribution < -0.4 is 0 Å². The Kier molecular flexibility index (Phi) is 3.86. The molecule has 0 bridgehead atoms. The average molecular weight is 218 g/mol. The highest BCUT2D eigenvalue weighted by atomic mass is 32.2. The fraction of sp³-hybridized carbons (Fsp3) is 0.875. The molecule has 80 valence electrons. The van der Waals surface area contributed by atoms with E-state index in [1.54, 1.807) is 6.07 Å². The molecule has 0 aromatic rings. The number of piperidine rings is 1. The van der Waals surface area contributed by atoms with Gasteiger partial charge in [0.15, 0.2) is 5.75 Å². The van der Waals surface area contributed by atoms with Crippen LogP contribution in [0.2, 0.25) is 0 Å². The van der Waals surface area contributed by atoms with Crippen molar-refractivity contribution in [2.24, 2.45) is 5.92 Å². The molecule has 0 saturated carbocycles. The third kappa shape index (κ3) is 2.67. The van der Waals surface area contributed by atoms with Crippen molar-refractivity contribution in [2.45, 2.75) is 12.8 Å². The zero-order valence-electron chi connectivity index (χ0n) is 7.89. The molecular formula is C8H14N2O3S. The van der Waals surface area contributed by atoms with Crippen molar-refractivity contribution >= 4 is 10.0 Å². The Morgan fingerprint density at radius 3 is 2.86 bits per heavy atom. The van der Waals surface area contributed by atoms with Crippen LogP contribution in [0, 0.1) is 17.2 Å². The second-order valence-corrected chi connectivity index (χ2v) is 5.43. The van der Waals surface area contributed by atoms with Gasteiger partial charge in [0, 0.05) is 19.7 Å². The minimum Gasteiger partial charge on any atom is -0.396 e. The highest BCUT2D eigenvalue weighted by Gasteiger charge is 2.27. The molecular weight excluding hydrogens is 204 g/mol. The van der Waals surface area contributed by atoms with Crippen LogP contribution in [0.3, 0.4) is 0 Å². The van der Waals surface area contributed by atoms with Crippen molar-refractivity contribution in [1.29, 1.82) is 5.26 Å². The van der Waals surface area contributed by atoms with Crippen molar-refractivity contribution in [3.05, 3.63) is 0 Å². The van der Waals surface area contributed by atoms with E-state index in [1.165, 1.54) is 4.31 Å². The van der Waals surface area contributed by atoms with E-state index in [2.05, 4.69) is 0 Å². The number of aliphatic hydroxyl groups excluding tert-OH is 1. The molecule has 0 aliphatic carbocycles. The molecule has 0 spiro atoms. The molecule has 1 aliphatic rings. The molecule has 1 heterocycles. The van der Waals surface area contributed by atoms with Crippen LogP contribution >= 0.6 is 0 Å². The van der Waals surface area contributed by atoms with Crippen molar-refractivity contribution in [3.8, 4) is 6.07 Å². The molecule has 1 rings (SSSR count). The van der Waals surface area contributed by atoms with Crippen LogP contribution in [0.1, 0.15) is 12.8 Å². The summed E-state index contributed by atoms with van der Waals surface area (Å²) in [5, 5.41) is 17.3. The summed E-state index contributed by atoms with van der Waals surface area (Å²) in [5.74, 6) is -0.442. The van der Waals surface area contributed by atoms with Crippen LogP contribution in [0.5, 0.6) is 0 Å². The van der Waals surface area contributed by atoms with Crippen molar-refractivity contribution in [2.75, 3.05) is 25.4 Å². The van der Waals surface area contributed by atoms with Crippen LogP contribution in [-0.2, 0) is 10.0 Å². The van der Waals surface area contributed by atoms with E-state index < -0.39 is 15.8 Å².